The minimum absolute atomic E-state index is 0.213. The van der Waals surface area contributed by atoms with E-state index in [2.05, 4.69) is 45.4 Å². The van der Waals surface area contributed by atoms with Crippen molar-refractivity contribution < 1.29 is 9.47 Å². The maximum absolute atomic E-state index is 6.08. The highest BCUT2D eigenvalue weighted by atomic mass is 16.5. The number of ether oxygens (including phenoxy) is 2. The van der Waals surface area contributed by atoms with Gasteiger partial charge in [0.2, 0.25) is 0 Å². The second kappa shape index (κ2) is 8.61. The van der Waals surface area contributed by atoms with Gasteiger partial charge in [0.25, 0.3) is 0 Å². The lowest BCUT2D eigenvalue weighted by Gasteiger charge is -2.36. The molecule has 142 valence electrons. The molecular formula is C21H26N4O2. The molecule has 0 unspecified atom stereocenters. The van der Waals surface area contributed by atoms with E-state index in [0.29, 0.717) is 6.61 Å². The SMILES string of the molecule is CCO[C@H](C[C@@H](c1ccccc1)N1CCOCC1)n1nc2ccccc2n1. The van der Waals surface area contributed by atoms with Crippen molar-refractivity contribution >= 4 is 11.0 Å². The summed E-state index contributed by atoms with van der Waals surface area (Å²) in [5, 5.41) is 9.32. The third-order valence-corrected chi connectivity index (χ3v) is 5.01. The summed E-state index contributed by atoms with van der Waals surface area (Å²) in [6, 6.07) is 18.8. The first-order chi connectivity index (χ1) is 13.3. The van der Waals surface area contributed by atoms with Gasteiger partial charge in [0.1, 0.15) is 11.0 Å². The third kappa shape index (κ3) is 4.18. The van der Waals surface area contributed by atoms with Crippen LogP contribution in [-0.4, -0.2) is 52.8 Å². The van der Waals surface area contributed by atoms with Crippen LogP contribution in [0.2, 0.25) is 0 Å². The van der Waals surface area contributed by atoms with E-state index < -0.39 is 0 Å². The van der Waals surface area contributed by atoms with Gasteiger partial charge in [-0.15, -0.1) is 0 Å². The van der Waals surface area contributed by atoms with Crippen molar-refractivity contribution in [1.82, 2.24) is 19.9 Å². The number of nitrogens with zero attached hydrogens (tertiary/aromatic N) is 4. The van der Waals surface area contributed by atoms with Gasteiger partial charge < -0.3 is 9.47 Å². The quantitative estimate of drug-likeness (QED) is 0.641. The number of aromatic nitrogens is 3. The fraction of sp³-hybridized carbons (Fsp3) is 0.429. The molecule has 6 heteroatoms. The Morgan fingerprint density at radius 2 is 1.59 bits per heavy atom. The fourth-order valence-corrected chi connectivity index (χ4v) is 3.68. The van der Waals surface area contributed by atoms with E-state index in [9.17, 15) is 0 Å². The summed E-state index contributed by atoms with van der Waals surface area (Å²) in [5.41, 5.74) is 3.08. The lowest BCUT2D eigenvalue weighted by atomic mass is 10.0. The molecule has 2 heterocycles. The van der Waals surface area contributed by atoms with E-state index in [1.54, 1.807) is 4.80 Å². The van der Waals surface area contributed by atoms with E-state index >= 15 is 0 Å². The van der Waals surface area contributed by atoms with E-state index in [0.717, 1.165) is 43.8 Å². The van der Waals surface area contributed by atoms with Crippen LogP contribution in [0.15, 0.2) is 54.6 Å². The van der Waals surface area contributed by atoms with Gasteiger partial charge in [-0.3, -0.25) is 4.90 Å². The van der Waals surface area contributed by atoms with E-state index in [-0.39, 0.29) is 12.3 Å². The third-order valence-electron chi connectivity index (χ3n) is 5.01. The van der Waals surface area contributed by atoms with Gasteiger partial charge in [-0.05, 0) is 24.6 Å². The average molecular weight is 366 g/mol. The van der Waals surface area contributed by atoms with E-state index in [4.69, 9.17) is 9.47 Å². The molecular weight excluding hydrogens is 340 g/mol. The summed E-state index contributed by atoms with van der Waals surface area (Å²) >= 11 is 0. The lowest BCUT2D eigenvalue weighted by molar-refractivity contribution is -0.0475. The van der Waals surface area contributed by atoms with Crippen LogP contribution in [-0.2, 0) is 9.47 Å². The molecule has 0 radical (unpaired) electrons. The summed E-state index contributed by atoms with van der Waals surface area (Å²) in [6.07, 6.45) is 0.578. The van der Waals surface area contributed by atoms with Gasteiger partial charge in [-0.25, -0.2) is 0 Å². The number of morpholine rings is 1. The molecule has 1 fully saturated rings. The van der Waals surface area contributed by atoms with Crippen molar-refractivity contribution in [2.24, 2.45) is 0 Å². The van der Waals surface area contributed by atoms with Crippen LogP contribution < -0.4 is 0 Å². The molecule has 27 heavy (non-hydrogen) atoms. The highest BCUT2D eigenvalue weighted by molar-refractivity contribution is 5.72. The van der Waals surface area contributed by atoms with Gasteiger partial charge >= 0.3 is 0 Å². The molecule has 2 aromatic carbocycles. The van der Waals surface area contributed by atoms with Gasteiger partial charge in [0.15, 0.2) is 6.23 Å². The molecule has 0 amide bonds. The predicted molar refractivity (Wildman–Crippen MR) is 104 cm³/mol. The smallest absolute Gasteiger partial charge is 0.171 e. The Hall–Kier alpha value is -2.28. The first kappa shape index (κ1) is 18.1. The Morgan fingerprint density at radius 3 is 2.22 bits per heavy atom. The minimum atomic E-state index is -0.213. The number of fused-ring (bicyclic) bond motifs is 1. The highest BCUT2D eigenvalue weighted by Crippen LogP contribution is 2.31. The largest absolute Gasteiger partial charge is 0.379 e. The second-order valence-corrected chi connectivity index (χ2v) is 6.73. The maximum atomic E-state index is 6.08. The van der Waals surface area contributed by atoms with Crippen LogP contribution in [0.25, 0.3) is 11.0 Å². The molecule has 2 atom stereocenters. The summed E-state index contributed by atoms with van der Waals surface area (Å²) in [7, 11) is 0. The van der Waals surface area contributed by atoms with Crippen LogP contribution in [0.5, 0.6) is 0 Å². The standard InChI is InChI=1S/C21H26N4O2/c1-2-27-21(25-22-18-10-6-7-11-19(18)23-25)16-20(17-8-4-3-5-9-17)24-12-14-26-15-13-24/h3-11,20-21H,2,12-16H2,1H3/t20-,21+/m0/s1. The molecule has 0 saturated carbocycles. The monoisotopic (exact) mass is 366 g/mol. The fourth-order valence-electron chi connectivity index (χ4n) is 3.68. The van der Waals surface area contributed by atoms with Crippen LogP contribution in [0.1, 0.15) is 31.2 Å². The minimum Gasteiger partial charge on any atom is -0.379 e. The Labute approximate surface area is 159 Å². The Balaban J connectivity index is 1.63. The van der Waals surface area contributed by atoms with Crippen molar-refractivity contribution in [3.05, 3.63) is 60.2 Å². The second-order valence-electron chi connectivity index (χ2n) is 6.73. The van der Waals surface area contributed by atoms with Crippen LogP contribution in [0, 0.1) is 0 Å². The van der Waals surface area contributed by atoms with Crippen molar-refractivity contribution in [2.75, 3.05) is 32.9 Å². The maximum Gasteiger partial charge on any atom is 0.171 e. The highest BCUT2D eigenvalue weighted by Gasteiger charge is 2.28. The average Bonchev–Trinajstić information content (AvgIpc) is 3.16. The molecule has 1 aromatic heterocycles. The Bertz CT molecular complexity index is 813. The number of rotatable bonds is 7. The molecule has 0 bridgehead atoms. The van der Waals surface area contributed by atoms with Crippen LogP contribution >= 0.6 is 0 Å². The van der Waals surface area contributed by atoms with Crippen molar-refractivity contribution in [3.8, 4) is 0 Å². The molecule has 0 N–H and O–H groups in total. The molecule has 0 spiro atoms. The molecule has 6 nitrogen and oxygen atoms in total. The molecule has 3 aromatic rings. The molecule has 1 aliphatic heterocycles. The van der Waals surface area contributed by atoms with Gasteiger partial charge in [-0.1, -0.05) is 42.5 Å². The van der Waals surface area contributed by atoms with Crippen LogP contribution in [0.3, 0.4) is 0 Å². The van der Waals surface area contributed by atoms with Crippen molar-refractivity contribution in [2.45, 2.75) is 25.6 Å². The normalized spacial score (nSPS) is 17.8. The van der Waals surface area contributed by atoms with Crippen molar-refractivity contribution in [3.63, 3.8) is 0 Å². The summed E-state index contributed by atoms with van der Waals surface area (Å²) < 4.78 is 11.6. The first-order valence-corrected chi connectivity index (χ1v) is 9.65. The zero-order valence-corrected chi connectivity index (χ0v) is 15.7. The summed E-state index contributed by atoms with van der Waals surface area (Å²) in [6.45, 7) is 6.02. The van der Waals surface area contributed by atoms with E-state index in [1.807, 2.05) is 31.2 Å². The zero-order chi connectivity index (χ0) is 18.5. The van der Waals surface area contributed by atoms with Gasteiger partial charge in [0.05, 0.1) is 13.2 Å². The number of hydrogen-bond acceptors (Lipinski definition) is 5. The summed E-state index contributed by atoms with van der Waals surface area (Å²) in [5.74, 6) is 0. The summed E-state index contributed by atoms with van der Waals surface area (Å²) in [4.78, 5) is 4.22. The first-order valence-electron chi connectivity index (χ1n) is 9.65. The molecule has 1 saturated heterocycles. The Kier molecular flexibility index (Phi) is 5.77. The van der Waals surface area contributed by atoms with E-state index in [1.165, 1.54) is 5.56 Å². The Morgan fingerprint density at radius 1 is 0.963 bits per heavy atom. The van der Waals surface area contributed by atoms with Gasteiger partial charge in [-0.2, -0.15) is 15.0 Å². The van der Waals surface area contributed by atoms with Crippen molar-refractivity contribution in [1.29, 1.82) is 0 Å². The zero-order valence-electron chi connectivity index (χ0n) is 15.7. The number of hydrogen-bond donors (Lipinski definition) is 0. The van der Waals surface area contributed by atoms with Crippen LogP contribution in [0.4, 0.5) is 0 Å². The predicted octanol–water partition coefficient (Wildman–Crippen LogP) is 3.43. The molecule has 0 aliphatic carbocycles. The molecule has 1 aliphatic rings. The van der Waals surface area contributed by atoms with Gasteiger partial charge in [0, 0.05) is 32.2 Å². The lowest BCUT2D eigenvalue weighted by Crippen LogP contribution is -2.40. The molecule has 4 rings (SSSR count). The topological polar surface area (TPSA) is 52.4 Å². The number of benzene rings is 2.